The number of nitrogens with one attached hydrogen (secondary N) is 1. The van der Waals surface area contributed by atoms with Crippen molar-refractivity contribution < 1.29 is 23.1 Å². The monoisotopic (exact) mass is 565 g/mol. The van der Waals surface area contributed by atoms with E-state index in [1.807, 2.05) is 12.1 Å². The molecule has 0 unspecified atom stereocenters. The molecule has 3 aromatic carbocycles. The van der Waals surface area contributed by atoms with Gasteiger partial charge in [-0.2, -0.15) is 0 Å². The van der Waals surface area contributed by atoms with Gasteiger partial charge in [-0.25, -0.2) is 19.2 Å². The minimum absolute atomic E-state index is 0.318. The molecule has 0 aliphatic carbocycles. The Balaban J connectivity index is 1.34. The number of carbonyl (C=O) groups is 2. The lowest BCUT2D eigenvalue weighted by molar-refractivity contribution is 0.0600. The summed E-state index contributed by atoms with van der Waals surface area (Å²) in [5.74, 6) is 0.240. The van der Waals surface area contributed by atoms with E-state index in [0.29, 0.717) is 28.3 Å². The Morgan fingerprint density at radius 3 is 2.17 bits per heavy atom. The third-order valence-corrected chi connectivity index (χ3v) is 7.38. The van der Waals surface area contributed by atoms with E-state index in [2.05, 4.69) is 32.1 Å². The average Bonchev–Trinajstić information content (AvgIpc) is 3.42. The lowest BCUT2D eigenvalue weighted by atomic mass is 9.98. The summed E-state index contributed by atoms with van der Waals surface area (Å²) in [7, 11) is 3.40. The van der Waals surface area contributed by atoms with E-state index in [-0.39, 0.29) is 11.7 Å². The number of ether oxygens (including phenoxy) is 1. The molecule has 10 heteroatoms. The standard InChI is InChI=1S/C32H28FN5O4/c1-37-15-17-38(18-16-37)29-27-26(20-7-11-24(33)12-8-20)28(42-31(27)35-19-34-29)21-9-13-25(14-10-21)36-30(39)22-3-5-23(6-4-22)32(40)41-2/h3-14,19H,15-18H2,1-2H3,(H,36,39). The first kappa shape index (κ1) is 27.1. The fraction of sp³-hybridized carbons (Fsp3) is 0.188. The molecule has 5 aromatic rings. The molecule has 3 heterocycles. The number of rotatable bonds is 6. The molecule has 0 radical (unpaired) electrons. The summed E-state index contributed by atoms with van der Waals surface area (Å²) in [5.41, 5.74) is 4.11. The lowest BCUT2D eigenvalue weighted by Crippen LogP contribution is -2.44. The third-order valence-electron chi connectivity index (χ3n) is 7.38. The van der Waals surface area contributed by atoms with Gasteiger partial charge in [-0.3, -0.25) is 4.79 Å². The summed E-state index contributed by atoms with van der Waals surface area (Å²) >= 11 is 0. The van der Waals surface area contributed by atoms with E-state index in [1.54, 1.807) is 48.5 Å². The van der Waals surface area contributed by atoms with Gasteiger partial charge in [0.1, 0.15) is 23.7 Å². The molecule has 2 aromatic heterocycles. The number of aromatic nitrogens is 2. The number of nitrogens with zero attached hydrogens (tertiary/aromatic N) is 4. The number of anilines is 2. The predicted octanol–water partition coefficient (Wildman–Crippen LogP) is 5.49. The number of hydrogen-bond donors (Lipinski definition) is 1. The predicted molar refractivity (Wildman–Crippen MR) is 158 cm³/mol. The molecule has 1 N–H and O–H groups in total. The normalized spacial score (nSPS) is 13.7. The number of furan rings is 1. The minimum Gasteiger partial charge on any atom is -0.465 e. The highest BCUT2D eigenvalue weighted by molar-refractivity contribution is 6.07. The van der Waals surface area contributed by atoms with Crippen LogP contribution in [0.5, 0.6) is 0 Å². The number of hydrogen-bond acceptors (Lipinski definition) is 8. The smallest absolute Gasteiger partial charge is 0.337 e. The molecule has 1 aliphatic heterocycles. The first-order chi connectivity index (χ1) is 20.4. The van der Waals surface area contributed by atoms with Crippen LogP contribution in [0.4, 0.5) is 15.9 Å². The molecule has 1 saturated heterocycles. The second kappa shape index (κ2) is 11.4. The van der Waals surface area contributed by atoms with Crippen molar-refractivity contribution in [2.45, 2.75) is 0 Å². The second-order valence-electron chi connectivity index (χ2n) is 10.1. The van der Waals surface area contributed by atoms with Crippen molar-refractivity contribution in [1.29, 1.82) is 0 Å². The topological polar surface area (TPSA) is 101 Å². The average molecular weight is 566 g/mol. The van der Waals surface area contributed by atoms with Crippen LogP contribution in [0.3, 0.4) is 0 Å². The first-order valence-electron chi connectivity index (χ1n) is 13.5. The van der Waals surface area contributed by atoms with Crippen LogP contribution < -0.4 is 10.2 Å². The molecule has 9 nitrogen and oxygen atoms in total. The number of amides is 1. The highest BCUT2D eigenvalue weighted by atomic mass is 19.1. The Labute approximate surface area is 241 Å². The van der Waals surface area contributed by atoms with E-state index in [1.165, 1.54) is 25.6 Å². The van der Waals surface area contributed by atoms with Crippen molar-refractivity contribution in [1.82, 2.24) is 14.9 Å². The molecule has 1 aliphatic rings. The van der Waals surface area contributed by atoms with Crippen molar-refractivity contribution in [3.05, 3.63) is 96.1 Å². The molecule has 1 amide bonds. The van der Waals surface area contributed by atoms with E-state index in [0.717, 1.165) is 54.1 Å². The van der Waals surface area contributed by atoms with Gasteiger partial charge >= 0.3 is 5.97 Å². The third kappa shape index (κ3) is 5.31. The van der Waals surface area contributed by atoms with Gasteiger partial charge in [0.15, 0.2) is 0 Å². The number of carbonyl (C=O) groups excluding carboxylic acids is 2. The molecular formula is C32H28FN5O4. The van der Waals surface area contributed by atoms with Crippen LogP contribution in [-0.2, 0) is 4.74 Å². The van der Waals surface area contributed by atoms with Gasteiger partial charge in [0.2, 0.25) is 5.71 Å². The summed E-state index contributed by atoms with van der Waals surface area (Å²) in [6.07, 6.45) is 1.51. The number of likely N-dealkylation sites (N-methyl/N-ethyl adjacent to an activating group) is 1. The largest absolute Gasteiger partial charge is 0.465 e. The van der Waals surface area contributed by atoms with Crippen LogP contribution in [0.2, 0.25) is 0 Å². The Bertz CT molecular complexity index is 1740. The van der Waals surface area contributed by atoms with Gasteiger partial charge in [0.05, 0.1) is 18.1 Å². The SMILES string of the molecule is COC(=O)c1ccc(C(=O)Nc2ccc(-c3oc4ncnc(N5CCN(C)CC5)c4c3-c3ccc(F)cc3)cc2)cc1. The number of piperazine rings is 1. The summed E-state index contributed by atoms with van der Waals surface area (Å²) in [5, 5.41) is 3.65. The van der Waals surface area contributed by atoms with Crippen LogP contribution in [0, 0.1) is 5.82 Å². The molecule has 42 heavy (non-hydrogen) atoms. The van der Waals surface area contributed by atoms with E-state index in [9.17, 15) is 14.0 Å². The number of halogens is 1. The fourth-order valence-corrected chi connectivity index (χ4v) is 5.06. The van der Waals surface area contributed by atoms with E-state index < -0.39 is 5.97 Å². The fourth-order valence-electron chi connectivity index (χ4n) is 5.06. The summed E-state index contributed by atoms with van der Waals surface area (Å²) in [6.45, 7) is 3.44. The zero-order valence-electron chi connectivity index (χ0n) is 23.1. The molecule has 0 saturated carbocycles. The zero-order valence-corrected chi connectivity index (χ0v) is 23.1. The van der Waals surface area contributed by atoms with Crippen molar-refractivity contribution in [3.8, 4) is 22.5 Å². The molecule has 0 spiro atoms. The van der Waals surface area contributed by atoms with Crippen LogP contribution in [0.15, 0.2) is 83.5 Å². The van der Waals surface area contributed by atoms with Crippen LogP contribution in [-0.4, -0.2) is 67.1 Å². The maximum absolute atomic E-state index is 13.9. The minimum atomic E-state index is -0.468. The van der Waals surface area contributed by atoms with Crippen molar-refractivity contribution >= 4 is 34.5 Å². The van der Waals surface area contributed by atoms with Crippen LogP contribution in [0.25, 0.3) is 33.6 Å². The molecule has 0 atom stereocenters. The number of esters is 1. The molecule has 212 valence electrons. The Hall–Kier alpha value is -5.09. The zero-order chi connectivity index (χ0) is 29.2. The maximum atomic E-state index is 13.9. The maximum Gasteiger partial charge on any atom is 0.337 e. The number of fused-ring (bicyclic) bond motifs is 1. The van der Waals surface area contributed by atoms with Crippen LogP contribution in [0.1, 0.15) is 20.7 Å². The number of benzene rings is 3. The van der Waals surface area contributed by atoms with Gasteiger partial charge in [0, 0.05) is 48.6 Å². The quantitative estimate of drug-likeness (QED) is 0.270. The Kier molecular flexibility index (Phi) is 7.37. The van der Waals surface area contributed by atoms with E-state index >= 15 is 0 Å². The van der Waals surface area contributed by atoms with Gasteiger partial charge in [-0.05, 0) is 73.3 Å². The molecular weight excluding hydrogens is 537 g/mol. The molecule has 0 bridgehead atoms. The highest BCUT2D eigenvalue weighted by Gasteiger charge is 2.26. The van der Waals surface area contributed by atoms with Crippen molar-refractivity contribution in [3.63, 3.8) is 0 Å². The second-order valence-corrected chi connectivity index (χ2v) is 10.1. The Morgan fingerprint density at radius 1 is 0.857 bits per heavy atom. The van der Waals surface area contributed by atoms with Gasteiger partial charge in [-0.1, -0.05) is 12.1 Å². The Morgan fingerprint density at radius 2 is 1.50 bits per heavy atom. The van der Waals surface area contributed by atoms with Gasteiger partial charge in [0.25, 0.3) is 5.91 Å². The highest BCUT2D eigenvalue weighted by Crippen LogP contribution is 2.43. The van der Waals surface area contributed by atoms with E-state index in [4.69, 9.17) is 9.15 Å². The summed E-state index contributed by atoms with van der Waals surface area (Å²) < 4.78 is 25.0. The molecule has 6 rings (SSSR count). The van der Waals surface area contributed by atoms with Crippen molar-refractivity contribution in [2.75, 3.05) is 50.6 Å². The van der Waals surface area contributed by atoms with Gasteiger partial charge in [-0.15, -0.1) is 0 Å². The first-order valence-corrected chi connectivity index (χ1v) is 13.5. The van der Waals surface area contributed by atoms with Crippen LogP contribution >= 0.6 is 0 Å². The van der Waals surface area contributed by atoms with Gasteiger partial charge < -0.3 is 24.3 Å². The summed E-state index contributed by atoms with van der Waals surface area (Å²) in [4.78, 5) is 38.1. The van der Waals surface area contributed by atoms with Crippen molar-refractivity contribution in [2.24, 2.45) is 0 Å². The molecule has 1 fully saturated rings. The lowest BCUT2D eigenvalue weighted by Gasteiger charge is -2.33. The summed E-state index contributed by atoms with van der Waals surface area (Å²) in [6, 6.07) is 19.8. The number of methoxy groups -OCH3 is 1.